The summed E-state index contributed by atoms with van der Waals surface area (Å²) < 4.78 is 5.83. The number of hydrogen-bond donors (Lipinski definition) is 2. The predicted octanol–water partition coefficient (Wildman–Crippen LogP) is 4.88. The van der Waals surface area contributed by atoms with Gasteiger partial charge in [-0.15, -0.1) is 0 Å². The van der Waals surface area contributed by atoms with Crippen molar-refractivity contribution in [2.75, 3.05) is 5.32 Å². The van der Waals surface area contributed by atoms with Crippen LogP contribution in [0.5, 0.6) is 11.5 Å². The van der Waals surface area contributed by atoms with Gasteiger partial charge in [0, 0.05) is 17.4 Å². The van der Waals surface area contributed by atoms with E-state index in [0.717, 1.165) is 11.1 Å². The molecule has 0 aliphatic heterocycles. The molecule has 3 aromatic rings. The lowest BCUT2D eigenvalue weighted by Crippen LogP contribution is -2.47. The monoisotopic (exact) mass is 417 g/mol. The highest BCUT2D eigenvalue weighted by Gasteiger charge is 2.25. The fraction of sp³-hybridized carbons (Fsp3) is 0.240. The van der Waals surface area contributed by atoms with E-state index in [4.69, 9.17) is 4.74 Å². The molecule has 1 atom stereocenters. The van der Waals surface area contributed by atoms with Crippen molar-refractivity contribution < 1.29 is 14.3 Å². The second-order valence-corrected chi connectivity index (χ2v) is 7.82. The average Bonchev–Trinajstić information content (AvgIpc) is 2.74. The number of benzene rings is 2. The van der Waals surface area contributed by atoms with E-state index in [9.17, 15) is 9.59 Å². The molecule has 2 amide bonds. The number of nitrogens with zero attached hydrogens (tertiary/aromatic N) is 1. The van der Waals surface area contributed by atoms with Crippen molar-refractivity contribution in [2.24, 2.45) is 5.92 Å². The van der Waals surface area contributed by atoms with E-state index in [2.05, 4.69) is 15.6 Å². The van der Waals surface area contributed by atoms with Crippen LogP contribution in [-0.2, 0) is 4.79 Å². The lowest BCUT2D eigenvalue weighted by atomic mass is 10.0. The highest BCUT2D eigenvalue weighted by atomic mass is 16.5. The molecule has 6 heteroatoms. The molecule has 0 radical (unpaired) electrons. The maximum absolute atomic E-state index is 12.9. The topological polar surface area (TPSA) is 80.3 Å². The number of anilines is 1. The third-order valence-electron chi connectivity index (χ3n) is 4.85. The van der Waals surface area contributed by atoms with Crippen molar-refractivity contribution in [3.05, 3.63) is 83.7 Å². The van der Waals surface area contributed by atoms with E-state index in [0.29, 0.717) is 22.7 Å². The van der Waals surface area contributed by atoms with Crippen LogP contribution >= 0.6 is 0 Å². The van der Waals surface area contributed by atoms with E-state index in [-0.39, 0.29) is 17.7 Å². The quantitative estimate of drug-likeness (QED) is 0.574. The number of hydrogen-bond acceptors (Lipinski definition) is 4. The number of rotatable bonds is 7. The summed E-state index contributed by atoms with van der Waals surface area (Å²) in [5.41, 5.74) is 3.10. The fourth-order valence-electron chi connectivity index (χ4n) is 3.06. The van der Waals surface area contributed by atoms with Crippen molar-refractivity contribution in [3.63, 3.8) is 0 Å². The van der Waals surface area contributed by atoms with Gasteiger partial charge in [-0.2, -0.15) is 0 Å². The van der Waals surface area contributed by atoms with E-state index in [1.165, 1.54) is 0 Å². The van der Waals surface area contributed by atoms with Crippen molar-refractivity contribution >= 4 is 17.5 Å². The number of nitrogens with one attached hydrogen (secondary N) is 2. The average molecular weight is 418 g/mol. The molecule has 1 heterocycles. The van der Waals surface area contributed by atoms with Crippen LogP contribution in [0, 0.1) is 19.8 Å². The van der Waals surface area contributed by atoms with Crippen LogP contribution in [-0.4, -0.2) is 22.8 Å². The summed E-state index contributed by atoms with van der Waals surface area (Å²) in [6, 6.07) is 15.6. The van der Waals surface area contributed by atoms with Gasteiger partial charge >= 0.3 is 0 Å². The molecule has 0 saturated carbocycles. The molecule has 1 aromatic heterocycles. The lowest BCUT2D eigenvalue weighted by Gasteiger charge is -2.22. The van der Waals surface area contributed by atoms with Gasteiger partial charge in [-0.05, 0) is 67.8 Å². The van der Waals surface area contributed by atoms with Gasteiger partial charge in [0.15, 0.2) is 0 Å². The summed E-state index contributed by atoms with van der Waals surface area (Å²) >= 11 is 0. The molecular weight excluding hydrogens is 390 g/mol. The van der Waals surface area contributed by atoms with Gasteiger partial charge in [-0.1, -0.05) is 31.5 Å². The Morgan fingerprint density at radius 2 is 1.74 bits per heavy atom. The standard InChI is InChI=1S/C25H27N3O3/c1-16(2)23(28-24(29)19-9-7-17(3)8-10-19)25(30)27-20-11-12-22(18(4)14-20)31-21-6-5-13-26-15-21/h5-16,23H,1-4H3,(H,27,30)(H,28,29). The van der Waals surface area contributed by atoms with Crippen molar-refractivity contribution in [3.8, 4) is 11.5 Å². The number of aromatic nitrogens is 1. The maximum atomic E-state index is 12.9. The van der Waals surface area contributed by atoms with Crippen LogP contribution in [0.15, 0.2) is 67.0 Å². The third kappa shape index (κ3) is 5.92. The third-order valence-corrected chi connectivity index (χ3v) is 4.85. The number of pyridine rings is 1. The normalized spacial score (nSPS) is 11.6. The highest BCUT2D eigenvalue weighted by Crippen LogP contribution is 2.27. The number of carbonyl (C=O) groups is 2. The molecule has 160 valence electrons. The van der Waals surface area contributed by atoms with Crippen LogP contribution in [0.2, 0.25) is 0 Å². The van der Waals surface area contributed by atoms with E-state index >= 15 is 0 Å². The molecule has 2 N–H and O–H groups in total. The maximum Gasteiger partial charge on any atom is 0.251 e. The molecule has 0 spiro atoms. The molecule has 0 fully saturated rings. The number of aryl methyl sites for hydroxylation is 2. The van der Waals surface area contributed by atoms with Crippen LogP contribution in [0.25, 0.3) is 0 Å². The molecule has 2 aromatic carbocycles. The molecule has 3 rings (SSSR count). The second-order valence-electron chi connectivity index (χ2n) is 7.82. The molecule has 31 heavy (non-hydrogen) atoms. The van der Waals surface area contributed by atoms with Crippen LogP contribution in [0.1, 0.15) is 35.3 Å². The Hall–Kier alpha value is -3.67. The Morgan fingerprint density at radius 3 is 2.35 bits per heavy atom. The number of amides is 2. The van der Waals surface area contributed by atoms with Crippen molar-refractivity contribution in [1.82, 2.24) is 10.3 Å². The van der Waals surface area contributed by atoms with Gasteiger partial charge in [-0.25, -0.2) is 0 Å². The Morgan fingerprint density at radius 1 is 1.00 bits per heavy atom. The summed E-state index contributed by atoms with van der Waals surface area (Å²) in [7, 11) is 0. The zero-order valence-electron chi connectivity index (χ0n) is 18.2. The Kier molecular flexibility index (Phi) is 7.03. The summed E-state index contributed by atoms with van der Waals surface area (Å²) in [6.07, 6.45) is 3.32. The summed E-state index contributed by atoms with van der Waals surface area (Å²) in [5.74, 6) is 0.699. The SMILES string of the molecule is Cc1ccc(C(=O)NC(C(=O)Nc2ccc(Oc3cccnc3)c(C)c2)C(C)C)cc1. The van der Waals surface area contributed by atoms with Gasteiger partial charge in [0.05, 0.1) is 6.20 Å². The van der Waals surface area contributed by atoms with E-state index < -0.39 is 6.04 Å². The Labute approximate surface area is 182 Å². The summed E-state index contributed by atoms with van der Waals surface area (Å²) in [5, 5.41) is 5.75. The number of ether oxygens (including phenoxy) is 1. The number of carbonyl (C=O) groups excluding carboxylic acids is 2. The first-order chi connectivity index (χ1) is 14.8. The smallest absolute Gasteiger partial charge is 0.251 e. The minimum absolute atomic E-state index is 0.0799. The van der Waals surface area contributed by atoms with Crippen molar-refractivity contribution in [2.45, 2.75) is 33.7 Å². The first-order valence-electron chi connectivity index (χ1n) is 10.2. The zero-order chi connectivity index (χ0) is 22.4. The molecular formula is C25H27N3O3. The summed E-state index contributed by atoms with van der Waals surface area (Å²) in [6.45, 7) is 7.66. The van der Waals surface area contributed by atoms with Crippen molar-refractivity contribution in [1.29, 1.82) is 0 Å². The van der Waals surface area contributed by atoms with Gasteiger partial charge in [0.1, 0.15) is 17.5 Å². The van der Waals surface area contributed by atoms with E-state index in [1.807, 2.05) is 52.0 Å². The zero-order valence-corrected chi connectivity index (χ0v) is 18.2. The highest BCUT2D eigenvalue weighted by molar-refractivity contribution is 6.01. The minimum atomic E-state index is -0.666. The molecule has 1 unspecified atom stereocenters. The molecule has 0 saturated heterocycles. The minimum Gasteiger partial charge on any atom is -0.455 e. The Balaban J connectivity index is 1.68. The van der Waals surface area contributed by atoms with Gasteiger partial charge < -0.3 is 15.4 Å². The largest absolute Gasteiger partial charge is 0.455 e. The van der Waals surface area contributed by atoms with Gasteiger partial charge in [0.2, 0.25) is 5.91 Å². The van der Waals surface area contributed by atoms with E-state index in [1.54, 1.807) is 42.7 Å². The first-order valence-corrected chi connectivity index (χ1v) is 10.2. The van der Waals surface area contributed by atoms with Crippen LogP contribution in [0.3, 0.4) is 0 Å². The van der Waals surface area contributed by atoms with Gasteiger partial charge in [0.25, 0.3) is 5.91 Å². The Bertz CT molecular complexity index is 1050. The second kappa shape index (κ2) is 9.89. The van der Waals surface area contributed by atoms with Gasteiger partial charge in [-0.3, -0.25) is 14.6 Å². The molecule has 0 aliphatic rings. The molecule has 0 bridgehead atoms. The van der Waals surface area contributed by atoms with Crippen LogP contribution in [0.4, 0.5) is 5.69 Å². The molecule has 6 nitrogen and oxygen atoms in total. The molecule has 0 aliphatic carbocycles. The predicted molar refractivity (Wildman–Crippen MR) is 121 cm³/mol. The van der Waals surface area contributed by atoms with Crippen LogP contribution < -0.4 is 15.4 Å². The summed E-state index contributed by atoms with van der Waals surface area (Å²) in [4.78, 5) is 29.5. The first kappa shape index (κ1) is 22.0. The fourth-order valence-corrected chi connectivity index (χ4v) is 3.06. The lowest BCUT2D eigenvalue weighted by molar-refractivity contribution is -0.118.